The van der Waals surface area contributed by atoms with Crippen molar-refractivity contribution in [1.82, 2.24) is 19.8 Å². The van der Waals surface area contributed by atoms with E-state index in [4.69, 9.17) is 4.74 Å². The summed E-state index contributed by atoms with van der Waals surface area (Å²) in [5, 5.41) is 2.59. The van der Waals surface area contributed by atoms with Gasteiger partial charge in [-0.05, 0) is 55.8 Å². The zero-order valence-electron chi connectivity index (χ0n) is 21.1. The first kappa shape index (κ1) is 26.6. The third-order valence-electron chi connectivity index (χ3n) is 6.42. The first-order valence-corrected chi connectivity index (χ1v) is 12.2. The topological polar surface area (TPSA) is 70.6 Å². The van der Waals surface area contributed by atoms with Crippen molar-refractivity contribution >= 4 is 11.6 Å². The van der Waals surface area contributed by atoms with E-state index in [0.29, 0.717) is 11.6 Å². The number of benzene rings is 2. The van der Waals surface area contributed by atoms with Gasteiger partial charge in [0.25, 0.3) is 5.91 Å². The number of aromatic nitrogens is 2. The number of hydrogen-bond donors (Lipinski definition) is 1. The Kier molecular flexibility index (Phi) is 8.09. The summed E-state index contributed by atoms with van der Waals surface area (Å²) in [5.74, 6) is 0.204. The van der Waals surface area contributed by atoms with E-state index in [9.17, 15) is 18.0 Å². The molecule has 0 radical (unpaired) electrons. The number of rotatable bonds is 7. The monoisotopic (exact) mass is 513 g/mol. The number of carbonyl (C=O) groups is 1. The minimum absolute atomic E-state index is 0.0753. The van der Waals surface area contributed by atoms with Gasteiger partial charge in [0.05, 0.1) is 5.56 Å². The fourth-order valence-corrected chi connectivity index (χ4v) is 4.21. The molecule has 2 heterocycles. The number of ether oxygens (including phenoxy) is 1. The lowest BCUT2D eigenvalue weighted by molar-refractivity contribution is -0.138. The van der Waals surface area contributed by atoms with Crippen molar-refractivity contribution in [2.45, 2.75) is 33.5 Å². The van der Waals surface area contributed by atoms with Gasteiger partial charge in [0.2, 0.25) is 5.88 Å². The lowest BCUT2D eigenvalue weighted by Crippen LogP contribution is -2.45. The van der Waals surface area contributed by atoms with Crippen LogP contribution in [0.15, 0.2) is 48.8 Å². The first-order valence-electron chi connectivity index (χ1n) is 12.2. The average Bonchev–Trinajstić information content (AvgIpc) is 2.86. The lowest BCUT2D eigenvalue weighted by Gasteiger charge is -2.34. The maximum absolute atomic E-state index is 13.9. The summed E-state index contributed by atoms with van der Waals surface area (Å²) in [4.78, 5) is 25.3. The molecule has 0 atom stereocenters. The van der Waals surface area contributed by atoms with Crippen molar-refractivity contribution in [3.05, 3.63) is 76.7 Å². The molecule has 7 nitrogen and oxygen atoms in total. The number of carbonyl (C=O) groups excluding carboxylic acids is 1. The van der Waals surface area contributed by atoms with Gasteiger partial charge in [0, 0.05) is 55.7 Å². The molecule has 0 aliphatic carbocycles. The number of halogens is 3. The summed E-state index contributed by atoms with van der Waals surface area (Å²) in [6, 6.07) is 10.5. The van der Waals surface area contributed by atoms with Crippen LogP contribution < -0.4 is 10.1 Å². The average molecular weight is 514 g/mol. The van der Waals surface area contributed by atoms with Gasteiger partial charge in [-0.15, -0.1) is 0 Å². The Balaban J connectivity index is 1.50. The number of piperazine rings is 1. The van der Waals surface area contributed by atoms with E-state index in [1.54, 1.807) is 25.1 Å². The Morgan fingerprint density at radius 3 is 2.41 bits per heavy atom. The minimum Gasteiger partial charge on any atom is -0.439 e. The molecule has 1 amide bonds. The molecular weight excluding hydrogens is 483 g/mol. The SMILES string of the molecule is CCN1CCN(Cc2ccc(NC(=O)c3ccc(C)c(Oc4cc(C)ncn4)c3)cc2C(F)(F)F)CC1. The van der Waals surface area contributed by atoms with Gasteiger partial charge in [-0.3, -0.25) is 9.69 Å². The van der Waals surface area contributed by atoms with Gasteiger partial charge in [0.1, 0.15) is 12.1 Å². The van der Waals surface area contributed by atoms with Crippen LogP contribution in [0.5, 0.6) is 11.6 Å². The molecule has 1 N–H and O–H groups in total. The third-order valence-corrected chi connectivity index (χ3v) is 6.42. The van der Waals surface area contributed by atoms with E-state index in [0.717, 1.165) is 50.0 Å². The quantitative estimate of drug-likeness (QED) is 0.463. The van der Waals surface area contributed by atoms with Gasteiger partial charge >= 0.3 is 6.18 Å². The van der Waals surface area contributed by atoms with Crippen molar-refractivity contribution in [2.75, 3.05) is 38.0 Å². The third kappa shape index (κ3) is 6.84. The van der Waals surface area contributed by atoms with Crippen LogP contribution in [0.25, 0.3) is 0 Å². The molecule has 196 valence electrons. The molecule has 0 unspecified atom stereocenters. The molecule has 3 aromatic rings. The predicted molar refractivity (Wildman–Crippen MR) is 135 cm³/mol. The number of nitrogens with zero attached hydrogens (tertiary/aromatic N) is 4. The second-order valence-corrected chi connectivity index (χ2v) is 9.11. The standard InChI is InChI=1S/C27H30F3N5O2/c1-4-34-9-11-35(12-10-34)16-21-7-8-22(15-23(21)27(28,29)30)33-26(36)20-6-5-18(2)24(14-20)37-25-13-19(3)31-17-32-25/h5-8,13-15,17H,4,9-12,16H2,1-3H3,(H,33,36). The maximum atomic E-state index is 13.9. The normalized spacial score (nSPS) is 15.0. The number of nitrogens with one attached hydrogen (secondary N) is 1. The fourth-order valence-electron chi connectivity index (χ4n) is 4.21. The molecule has 10 heteroatoms. The second kappa shape index (κ2) is 11.3. The summed E-state index contributed by atoms with van der Waals surface area (Å²) in [6.45, 7) is 9.96. The maximum Gasteiger partial charge on any atom is 0.416 e. The first-order chi connectivity index (χ1) is 17.6. The summed E-state index contributed by atoms with van der Waals surface area (Å²) < 4.78 is 47.6. The highest BCUT2D eigenvalue weighted by Gasteiger charge is 2.34. The number of anilines is 1. The van der Waals surface area contributed by atoms with Crippen LogP contribution >= 0.6 is 0 Å². The van der Waals surface area contributed by atoms with Crippen molar-refractivity contribution < 1.29 is 22.7 Å². The van der Waals surface area contributed by atoms with Gasteiger partial charge in [0.15, 0.2) is 0 Å². The van der Waals surface area contributed by atoms with E-state index in [-0.39, 0.29) is 23.4 Å². The molecular formula is C27H30F3N5O2. The summed E-state index contributed by atoms with van der Waals surface area (Å²) >= 11 is 0. The van der Waals surface area contributed by atoms with E-state index < -0.39 is 17.6 Å². The molecule has 1 aliphatic rings. The Morgan fingerprint density at radius 2 is 1.73 bits per heavy atom. The van der Waals surface area contributed by atoms with Crippen molar-refractivity contribution in [3.63, 3.8) is 0 Å². The highest BCUT2D eigenvalue weighted by Crippen LogP contribution is 2.35. The van der Waals surface area contributed by atoms with E-state index in [2.05, 4.69) is 27.1 Å². The Hall–Kier alpha value is -3.50. The number of alkyl halides is 3. The highest BCUT2D eigenvalue weighted by atomic mass is 19.4. The summed E-state index contributed by atoms with van der Waals surface area (Å²) in [5.41, 5.74) is 1.28. The molecule has 0 bridgehead atoms. The van der Waals surface area contributed by atoms with E-state index in [1.165, 1.54) is 24.5 Å². The van der Waals surface area contributed by atoms with Crippen LogP contribution in [0.4, 0.5) is 18.9 Å². The predicted octanol–water partition coefficient (Wildman–Crippen LogP) is 5.29. The summed E-state index contributed by atoms with van der Waals surface area (Å²) in [7, 11) is 0. The fraction of sp³-hybridized carbons (Fsp3) is 0.370. The van der Waals surface area contributed by atoms with Crippen molar-refractivity contribution in [1.29, 1.82) is 0 Å². The smallest absolute Gasteiger partial charge is 0.416 e. The van der Waals surface area contributed by atoms with Crippen LogP contribution in [0, 0.1) is 13.8 Å². The number of hydrogen-bond acceptors (Lipinski definition) is 6. The van der Waals surface area contributed by atoms with Crippen LogP contribution in [0.2, 0.25) is 0 Å². The van der Waals surface area contributed by atoms with E-state index in [1.807, 2.05) is 11.8 Å². The van der Waals surface area contributed by atoms with Gasteiger partial charge in [-0.2, -0.15) is 13.2 Å². The molecule has 37 heavy (non-hydrogen) atoms. The molecule has 1 saturated heterocycles. The van der Waals surface area contributed by atoms with Gasteiger partial charge in [-0.25, -0.2) is 9.97 Å². The molecule has 1 fully saturated rings. The van der Waals surface area contributed by atoms with Crippen LogP contribution in [-0.2, 0) is 12.7 Å². The molecule has 0 saturated carbocycles. The van der Waals surface area contributed by atoms with Crippen molar-refractivity contribution in [3.8, 4) is 11.6 Å². The number of amides is 1. The zero-order chi connectivity index (χ0) is 26.6. The van der Waals surface area contributed by atoms with Crippen LogP contribution in [0.3, 0.4) is 0 Å². The number of likely N-dealkylation sites (N-methyl/N-ethyl adjacent to an activating group) is 1. The lowest BCUT2D eigenvalue weighted by atomic mass is 10.0. The minimum atomic E-state index is -4.54. The van der Waals surface area contributed by atoms with Gasteiger partial charge in [-0.1, -0.05) is 19.1 Å². The Bertz CT molecular complexity index is 1260. The number of aryl methyl sites for hydroxylation is 2. The summed E-state index contributed by atoms with van der Waals surface area (Å²) in [6.07, 6.45) is -3.16. The largest absolute Gasteiger partial charge is 0.439 e. The highest BCUT2D eigenvalue weighted by molar-refractivity contribution is 6.04. The molecule has 1 aromatic heterocycles. The van der Waals surface area contributed by atoms with Crippen LogP contribution in [-0.4, -0.2) is 58.4 Å². The van der Waals surface area contributed by atoms with Gasteiger partial charge < -0.3 is 15.0 Å². The van der Waals surface area contributed by atoms with Crippen molar-refractivity contribution in [2.24, 2.45) is 0 Å². The molecule has 0 spiro atoms. The Morgan fingerprint density at radius 1 is 1.00 bits per heavy atom. The molecule has 4 rings (SSSR count). The van der Waals surface area contributed by atoms with Crippen LogP contribution in [0.1, 0.15) is 39.7 Å². The molecule has 2 aromatic carbocycles. The molecule has 1 aliphatic heterocycles. The van der Waals surface area contributed by atoms with E-state index >= 15 is 0 Å². The second-order valence-electron chi connectivity index (χ2n) is 9.11. The zero-order valence-corrected chi connectivity index (χ0v) is 21.1. The Labute approximate surface area is 214 Å².